The number of halogens is 1. The molecule has 0 N–H and O–H groups in total. The van der Waals surface area contributed by atoms with Crippen molar-refractivity contribution in [2.24, 2.45) is 0 Å². The lowest BCUT2D eigenvalue weighted by Gasteiger charge is -2.23. The fourth-order valence-electron chi connectivity index (χ4n) is 2.10. The van der Waals surface area contributed by atoms with Gasteiger partial charge in [0.05, 0.1) is 0 Å². The van der Waals surface area contributed by atoms with Crippen molar-refractivity contribution in [2.75, 3.05) is 0 Å². The molecule has 2 aromatic rings. The number of nitrogens with zero attached hydrogens (tertiary/aromatic N) is 2. The van der Waals surface area contributed by atoms with E-state index in [-0.39, 0.29) is 5.41 Å². The van der Waals surface area contributed by atoms with Crippen LogP contribution in [0.15, 0.2) is 24.3 Å². The molecule has 0 saturated heterocycles. The number of hydrogen-bond acceptors (Lipinski definition) is 3. The van der Waals surface area contributed by atoms with Gasteiger partial charge in [-0.15, -0.1) is 0 Å². The Morgan fingerprint density at radius 1 is 1.14 bits per heavy atom. The quantitative estimate of drug-likeness (QED) is 0.741. The van der Waals surface area contributed by atoms with Crippen LogP contribution < -0.4 is 4.74 Å². The molecule has 1 aromatic carbocycles. The van der Waals surface area contributed by atoms with Crippen LogP contribution in [0.2, 0.25) is 5.15 Å². The van der Waals surface area contributed by atoms with E-state index in [0.717, 1.165) is 23.3 Å². The fraction of sp³-hybridized carbons (Fsp3) is 0.412. The van der Waals surface area contributed by atoms with E-state index in [9.17, 15) is 0 Å². The van der Waals surface area contributed by atoms with Crippen LogP contribution >= 0.6 is 11.6 Å². The number of aryl methyl sites for hydroxylation is 2. The largest absolute Gasteiger partial charge is 0.439 e. The molecule has 2 rings (SSSR count). The lowest BCUT2D eigenvalue weighted by Crippen LogP contribution is -2.13. The molecule has 0 bridgehead atoms. The first kappa shape index (κ1) is 15.8. The van der Waals surface area contributed by atoms with Crippen molar-refractivity contribution in [3.8, 4) is 11.6 Å². The Balaban J connectivity index is 2.44. The topological polar surface area (TPSA) is 35.0 Å². The van der Waals surface area contributed by atoms with Gasteiger partial charge in [-0.25, -0.2) is 4.98 Å². The fourth-order valence-corrected chi connectivity index (χ4v) is 2.29. The second-order valence-electron chi connectivity index (χ2n) is 6.15. The van der Waals surface area contributed by atoms with Crippen molar-refractivity contribution in [3.63, 3.8) is 0 Å². The second-order valence-corrected chi connectivity index (χ2v) is 6.54. The highest BCUT2D eigenvalue weighted by molar-refractivity contribution is 6.29. The summed E-state index contributed by atoms with van der Waals surface area (Å²) in [5, 5.41) is 0.404. The van der Waals surface area contributed by atoms with Gasteiger partial charge in [-0.2, -0.15) is 4.98 Å². The van der Waals surface area contributed by atoms with Gasteiger partial charge in [-0.05, 0) is 24.0 Å². The van der Waals surface area contributed by atoms with Gasteiger partial charge >= 0.3 is 0 Å². The summed E-state index contributed by atoms with van der Waals surface area (Å²) in [6.07, 6.45) is 0.719. The van der Waals surface area contributed by atoms with Gasteiger partial charge in [-0.3, -0.25) is 0 Å². The Bertz CT molecular complexity index is 648. The van der Waals surface area contributed by atoms with E-state index in [4.69, 9.17) is 16.3 Å². The zero-order valence-corrected chi connectivity index (χ0v) is 14.0. The minimum absolute atomic E-state index is 0.00650. The maximum Gasteiger partial charge on any atom is 0.224 e. The van der Waals surface area contributed by atoms with Crippen LogP contribution in [0, 0.1) is 6.92 Å². The molecular weight excluding hydrogens is 284 g/mol. The van der Waals surface area contributed by atoms with Crippen LogP contribution in [0.3, 0.4) is 0 Å². The molecule has 1 heterocycles. The summed E-state index contributed by atoms with van der Waals surface area (Å²) in [6.45, 7) is 10.5. The summed E-state index contributed by atoms with van der Waals surface area (Å²) in [6, 6.07) is 7.88. The molecule has 0 saturated carbocycles. The average molecular weight is 305 g/mol. The van der Waals surface area contributed by atoms with E-state index in [1.807, 2.05) is 19.9 Å². The molecule has 4 heteroatoms. The van der Waals surface area contributed by atoms with Crippen LogP contribution in [0.5, 0.6) is 11.6 Å². The molecule has 0 aliphatic carbocycles. The monoisotopic (exact) mass is 304 g/mol. The Morgan fingerprint density at radius 2 is 1.86 bits per heavy atom. The first-order valence-corrected chi connectivity index (χ1v) is 7.50. The molecule has 3 nitrogen and oxygen atoms in total. The molecule has 0 fully saturated rings. The van der Waals surface area contributed by atoms with E-state index in [2.05, 4.69) is 42.9 Å². The van der Waals surface area contributed by atoms with Gasteiger partial charge in [0.15, 0.2) is 0 Å². The third-order valence-electron chi connectivity index (χ3n) is 3.19. The summed E-state index contributed by atoms with van der Waals surface area (Å²) in [4.78, 5) is 8.54. The molecule has 0 radical (unpaired) electrons. The van der Waals surface area contributed by atoms with E-state index < -0.39 is 0 Å². The summed E-state index contributed by atoms with van der Waals surface area (Å²) in [5.41, 5.74) is 2.28. The minimum Gasteiger partial charge on any atom is -0.439 e. The highest BCUT2D eigenvalue weighted by atomic mass is 35.5. The zero-order chi connectivity index (χ0) is 15.6. The van der Waals surface area contributed by atoms with Crippen LogP contribution in [0.25, 0.3) is 0 Å². The Labute approximate surface area is 131 Å². The molecular formula is C17H21ClN2O. The molecule has 0 spiro atoms. The van der Waals surface area contributed by atoms with Gasteiger partial charge in [0.1, 0.15) is 16.7 Å². The second kappa shape index (κ2) is 6.02. The highest BCUT2D eigenvalue weighted by Gasteiger charge is 2.20. The third-order valence-corrected chi connectivity index (χ3v) is 3.39. The predicted molar refractivity (Wildman–Crippen MR) is 86.4 cm³/mol. The van der Waals surface area contributed by atoms with Crippen LogP contribution in [0.1, 0.15) is 44.6 Å². The Morgan fingerprint density at radius 3 is 2.48 bits per heavy atom. The molecule has 0 aliphatic heterocycles. The summed E-state index contributed by atoms with van der Waals surface area (Å²) in [5.74, 6) is 1.99. The van der Waals surface area contributed by atoms with E-state index >= 15 is 0 Å². The minimum atomic E-state index is -0.00650. The van der Waals surface area contributed by atoms with Gasteiger partial charge in [-0.1, -0.05) is 51.4 Å². The van der Waals surface area contributed by atoms with Crippen molar-refractivity contribution >= 4 is 11.6 Å². The van der Waals surface area contributed by atoms with Gasteiger partial charge in [0, 0.05) is 18.1 Å². The molecule has 21 heavy (non-hydrogen) atoms. The number of rotatable bonds is 3. The zero-order valence-electron chi connectivity index (χ0n) is 13.2. The van der Waals surface area contributed by atoms with Crippen molar-refractivity contribution < 1.29 is 4.74 Å². The first-order valence-electron chi connectivity index (χ1n) is 7.12. The van der Waals surface area contributed by atoms with Crippen LogP contribution in [-0.2, 0) is 11.8 Å². The maximum absolute atomic E-state index is 6.02. The molecule has 0 amide bonds. The smallest absolute Gasteiger partial charge is 0.224 e. The van der Waals surface area contributed by atoms with Gasteiger partial charge < -0.3 is 4.74 Å². The van der Waals surface area contributed by atoms with Crippen LogP contribution in [0.4, 0.5) is 0 Å². The number of hydrogen-bond donors (Lipinski definition) is 0. The standard InChI is InChI=1S/C17H21ClN2O/c1-6-15-19-14(18)10-16(20-15)21-13-9-11(2)7-8-12(13)17(3,4)5/h7-10H,6H2,1-5H3. The van der Waals surface area contributed by atoms with Crippen LogP contribution in [-0.4, -0.2) is 9.97 Å². The molecule has 0 aliphatic rings. The van der Waals surface area contributed by atoms with E-state index in [0.29, 0.717) is 16.9 Å². The molecule has 112 valence electrons. The Hall–Kier alpha value is -1.61. The van der Waals surface area contributed by atoms with Crippen molar-refractivity contribution in [2.45, 2.75) is 46.5 Å². The number of aromatic nitrogens is 2. The normalized spacial score (nSPS) is 11.5. The SMILES string of the molecule is CCc1nc(Cl)cc(Oc2cc(C)ccc2C(C)(C)C)n1. The lowest BCUT2D eigenvalue weighted by atomic mass is 9.86. The lowest BCUT2D eigenvalue weighted by molar-refractivity contribution is 0.436. The van der Waals surface area contributed by atoms with Crippen molar-refractivity contribution in [1.29, 1.82) is 0 Å². The molecule has 0 atom stereocenters. The van der Waals surface area contributed by atoms with E-state index in [1.165, 1.54) is 0 Å². The number of ether oxygens (including phenoxy) is 1. The summed E-state index contributed by atoms with van der Waals surface area (Å²) < 4.78 is 6.00. The van der Waals surface area contributed by atoms with Crippen molar-refractivity contribution in [1.82, 2.24) is 9.97 Å². The van der Waals surface area contributed by atoms with E-state index in [1.54, 1.807) is 6.07 Å². The summed E-state index contributed by atoms with van der Waals surface area (Å²) >= 11 is 6.02. The highest BCUT2D eigenvalue weighted by Crippen LogP contribution is 2.34. The first-order chi connectivity index (χ1) is 9.79. The molecule has 0 unspecified atom stereocenters. The Kier molecular flexibility index (Phi) is 4.52. The van der Waals surface area contributed by atoms with Gasteiger partial charge in [0.25, 0.3) is 0 Å². The molecule has 1 aromatic heterocycles. The predicted octanol–water partition coefficient (Wildman–Crippen LogP) is 5.09. The summed E-state index contributed by atoms with van der Waals surface area (Å²) in [7, 11) is 0. The average Bonchev–Trinajstić information content (AvgIpc) is 2.36. The third kappa shape index (κ3) is 3.94. The number of benzene rings is 1. The van der Waals surface area contributed by atoms with Crippen molar-refractivity contribution in [3.05, 3.63) is 46.4 Å². The maximum atomic E-state index is 6.02. The van der Waals surface area contributed by atoms with Gasteiger partial charge in [0.2, 0.25) is 5.88 Å².